The molecule has 0 bridgehead atoms. The first-order valence-corrected chi connectivity index (χ1v) is 9.95. The number of hydrogen-bond acceptors (Lipinski definition) is 3. The number of ether oxygens (including phenoxy) is 1. The molecule has 1 saturated heterocycles. The van der Waals surface area contributed by atoms with Crippen LogP contribution < -0.4 is 15.0 Å². The number of methoxy groups -OCH3 is 1. The number of anilines is 1. The number of aliphatic imine (C=N–C) groups is 1. The number of nitrogens with one attached hydrogen (secondary N) is 1. The molecule has 5 heteroatoms. The lowest BCUT2D eigenvalue weighted by Crippen LogP contribution is -2.41. The molecule has 0 aliphatic carbocycles. The van der Waals surface area contributed by atoms with E-state index in [0.717, 1.165) is 37.9 Å². The Morgan fingerprint density at radius 1 is 1.25 bits per heavy atom. The summed E-state index contributed by atoms with van der Waals surface area (Å²) in [5, 5.41) is 3.56. The van der Waals surface area contributed by atoms with Crippen molar-refractivity contribution in [3.8, 4) is 5.75 Å². The van der Waals surface area contributed by atoms with Crippen LogP contribution in [0.25, 0.3) is 0 Å². The first kappa shape index (κ1) is 20.1. The van der Waals surface area contributed by atoms with Crippen molar-refractivity contribution in [3.05, 3.63) is 59.7 Å². The molecule has 2 aromatic rings. The van der Waals surface area contributed by atoms with Gasteiger partial charge in [-0.2, -0.15) is 0 Å². The van der Waals surface area contributed by atoms with Crippen molar-refractivity contribution in [2.24, 2.45) is 10.9 Å². The first-order valence-electron chi connectivity index (χ1n) is 9.95. The van der Waals surface area contributed by atoms with E-state index in [1.54, 1.807) is 7.11 Å². The first-order chi connectivity index (χ1) is 13.6. The summed E-state index contributed by atoms with van der Waals surface area (Å²) in [6.07, 6.45) is 1.18. The standard InChI is InChI=1S/C23H32N4O/c1-18-8-10-19(11-9-18)16-26(3)23(24-2)25-15-20-12-13-27(17-20)21-6-5-7-22(14-21)28-4/h5-11,14,20H,12-13,15-17H2,1-4H3,(H,24,25). The van der Waals surface area contributed by atoms with Gasteiger partial charge in [-0.25, -0.2) is 0 Å². The van der Waals surface area contributed by atoms with Gasteiger partial charge in [0.1, 0.15) is 5.75 Å². The average molecular weight is 381 g/mol. The minimum atomic E-state index is 0.607. The van der Waals surface area contributed by atoms with Gasteiger partial charge in [-0.15, -0.1) is 0 Å². The van der Waals surface area contributed by atoms with Gasteiger partial charge in [-0.05, 0) is 37.0 Å². The minimum absolute atomic E-state index is 0.607. The Bertz CT molecular complexity index is 787. The van der Waals surface area contributed by atoms with E-state index in [4.69, 9.17) is 4.74 Å². The van der Waals surface area contributed by atoms with Gasteiger partial charge in [0.2, 0.25) is 0 Å². The molecule has 0 amide bonds. The van der Waals surface area contributed by atoms with Crippen molar-refractivity contribution in [1.29, 1.82) is 0 Å². The predicted octanol–water partition coefficient (Wildman–Crippen LogP) is 3.54. The third-order valence-corrected chi connectivity index (χ3v) is 5.37. The molecule has 2 aromatic carbocycles. The third-order valence-electron chi connectivity index (χ3n) is 5.37. The fraction of sp³-hybridized carbons (Fsp3) is 0.435. The molecular weight excluding hydrogens is 348 g/mol. The van der Waals surface area contributed by atoms with Gasteiger partial charge in [0.15, 0.2) is 5.96 Å². The highest BCUT2D eigenvalue weighted by atomic mass is 16.5. The molecule has 0 aromatic heterocycles. The van der Waals surface area contributed by atoms with E-state index < -0.39 is 0 Å². The van der Waals surface area contributed by atoms with E-state index in [9.17, 15) is 0 Å². The van der Waals surface area contributed by atoms with Crippen LogP contribution in [0.3, 0.4) is 0 Å². The summed E-state index contributed by atoms with van der Waals surface area (Å²) in [4.78, 5) is 9.08. The smallest absolute Gasteiger partial charge is 0.193 e. The number of nitrogens with zero attached hydrogens (tertiary/aromatic N) is 3. The molecule has 1 unspecified atom stereocenters. The molecule has 1 fully saturated rings. The van der Waals surface area contributed by atoms with E-state index in [0.29, 0.717) is 5.92 Å². The highest BCUT2D eigenvalue weighted by Crippen LogP contribution is 2.26. The van der Waals surface area contributed by atoms with E-state index in [2.05, 4.69) is 76.5 Å². The van der Waals surface area contributed by atoms with Crippen molar-refractivity contribution >= 4 is 11.6 Å². The van der Waals surface area contributed by atoms with Crippen molar-refractivity contribution < 1.29 is 4.74 Å². The Hall–Kier alpha value is -2.69. The zero-order valence-corrected chi connectivity index (χ0v) is 17.5. The van der Waals surface area contributed by atoms with Gasteiger partial charge in [0.25, 0.3) is 0 Å². The summed E-state index contributed by atoms with van der Waals surface area (Å²) in [6.45, 7) is 6.03. The monoisotopic (exact) mass is 380 g/mol. The zero-order chi connectivity index (χ0) is 19.9. The molecule has 0 saturated carbocycles. The van der Waals surface area contributed by atoms with Crippen molar-refractivity contribution in [2.75, 3.05) is 45.7 Å². The molecule has 0 radical (unpaired) electrons. The Labute approximate surface area is 169 Å². The maximum Gasteiger partial charge on any atom is 0.193 e. The van der Waals surface area contributed by atoms with Crippen molar-refractivity contribution in [1.82, 2.24) is 10.2 Å². The normalized spacial score (nSPS) is 16.9. The van der Waals surface area contributed by atoms with Crippen LogP contribution in [-0.2, 0) is 6.54 Å². The number of benzene rings is 2. The SMILES string of the molecule is CN=C(NCC1CCN(c2cccc(OC)c2)C1)N(C)Cc1ccc(C)cc1. The molecule has 1 aliphatic rings. The largest absolute Gasteiger partial charge is 0.497 e. The van der Waals surface area contributed by atoms with Gasteiger partial charge in [-0.3, -0.25) is 4.99 Å². The van der Waals surface area contributed by atoms with Crippen molar-refractivity contribution in [2.45, 2.75) is 19.9 Å². The summed E-state index contributed by atoms with van der Waals surface area (Å²) in [6, 6.07) is 17.0. The average Bonchev–Trinajstić information content (AvgIpc) is 3.19. The van der Waals surface area contributed by atoms with Gasteiger partial charge in [-0.1, -0.05) is 35.9 Å². The van der Waals surface area contributed by atoms with E-state index in [1.165, 1.54) is 23.2 Å². The lowest BCUT2D eigenvalue weighted by molar-refractivity contribution is 0.415. The third kappa shape index (κ3) is 5.18. The minimum Gasteiger partial charge on any atom is -0.497 e. The molecule has 1 heterocycles. The predicted molar refractivity (Wildman–Crippen MR) is 117 cm³/mol. The molecule has 28 heavy (non-hydrogen) atoms. The molecule has 3 rings (SSSR count). The van der Waals surface area contributed by atoms with Crippen LogP contribution >= 0.6 is 0 Å². The number of aryl methyl sites for hydroxylation is 1. The highest BCUT2D eigenvalue weighted by molar-refractivity contribution is 5.79. The van der Waals surface area contributed by atoms with E-state index in [1.807, 2.05) is 13.1 Å². The summed E-state index contributed by atoms with van der Waals surface area (Å²) in [5.74, 6) is 2.47. The number of rotatable bonds is 6. The summed E-state index contributed by atoms with van der Waals surface area (Å²) in [7, 11) is 5.66. The molecule has 0 spiro atoms. The van der Waals surface area contributed by atoms with Gasteiger partial charge >= 0.3 is 0 Å². The number of hydrogen-bond donors (Lipinski definition) is 1. The van der Waals surface area contributed by atoms with Gasteiger partial charge in [0.05, 0.1) is 7.11 Å². The topological polar surface area (TPSA) is 40.1 Å². The van der Waals surface area contributed by atoms with Gasteiger partial charge < -0.3 is 19.9 Å². The van der Waals surface area contributed by atoms with Crippen LogP contribution in [0.5, 0.6) is 5.75 Å². The fourth-order valence-electron chi connectivity index (χ4n) is 3.70. The van der Waals surface area contributed by atoms with Crippen LogP contribution in [-0.4, -0.2) is 51.7 Å². The second kappa shape index (κ2) is 9.49. The highest BCUT2D eigenvalue weighted by Gasteiger charge is 2.23. The molecule has 5 nitrogen and oxygen atoms in total. The molecular formula is C23H32N4O. The van der Waals surface area contributed by atoms with Crippen LogP contribution in [0.15, 0.2) is 53.5 Å². The van der Waals surface area contributed by atoms with Crippen LogP contribution in [0.2, 0.25) is 0 Å². The Balaban J connectivity index is 1.50. The van der Waals surface area contributed by atoms with Crippen LogP contribution in [0.1, 0.15) is 17.5 Å². The van der Waals surface area contributed by atoms with Crippen molar-refractivity contribution in [3.63, 3.8) is 0 Å². The van der Waals surface area contributed by atoms with Crippen LogP contribution in [0.4, 0.5) is 5.69 Å². The maximum absolute atomic E-state index is 5.36. The van der Waals surface area contributed by atoms with E-state index in [-0.39, 0.29) is 0 Å². The molecule has 1 aliphatic heterocycles. The summed E-state index contributed by atoms with van der Waals surface area (Å²) in [5.41, 5.74) is 3.82. The molecule has 1 N–H and O–H groups in total. The molecule has 150 valence electrons. The quantitative estimate of drug-likeness (QED) is 0.615. The van der Waals surface area contributed by atoms with Crippen LogP contribution in [0, 0.1) is 12.8 Å². The second-order valence-electron chi connectivity index (χ2n) is 7.57. The second-order valence-corrected chi connectivity index (χ2v) is 7.57. The number of guanidine groups is 1. The zero-order valence-electron chi connectivity index (χ0n) is 17.5. The van der Waals surface area contributed by atoms with E-state index >= 15 is 0 Å². The lowest BCUT2D eigenvalue weighted by Gasteiger charge is -2.24. The Kier molecular flexibility index (Phi) is 6.80. The van der Waals surface area contributed by atoms with Gasteiger partial charge in [0, 0.05) is 52.0 Å². The maximum atomic E-state index is 5.36. The molecule has 1 atom stereocenters. The lowest BCUT2D eigenvalue weighted by atomic mass is 10.1. The fourth-order valence-corrected chi connectivity index (χ4v) is 3.70. The summed E-state index contributed by atoms with van der Waals surface area (Å²) >= 11 is 0. The summed E-state index contributed by atoms with van der Waals surface area (Å²) < 4.78 is 5.36. The Morgan fingerprint density at radius 2 is 2.04 bits per heavy atom. The Morgan fingerprint density at radius 3 is 2.75 bits per heavy atom.